The number of nitrogen functional groups attached to an aromatic ring is 1. The molecule has 0 spiro atoms. The number of hydrogen-bond donors (Lipinski definition) is 1. The minimum Gasteiger partial charge on any atom is -0.481 e. The monoisotopic (exact) mass is 274 g/mol. The molecule has 3 aromatic rings. The highest BCUT2D eigenvalue weighted by molar-refractivity contribution is 5.44. The number of benzene rings is 3. The molecule has 0 heterocycles. The molecule has 2 nitrogen and oxygen atoms in total. The summed E-state index contributed by atoms with van der Waals surface area (Å²) in [6.45, 7) is 0. The second-order valence-electron chi connectivity index (χ2n) is 4.82. The molecule has 3 aromatic carbocycles. The average molecular weight is 274 g/mol. The van der Waals surface area contributed by atoms with Crippen molar-refractivity contribution in [2.45, 2.75) is 6.10 Å². The van der Waals surface area contributed by atoms with E-state index in [2.05, 4.69) is 18.2 Å². The Kier molecular flexibility index (Phi) is 3.88. The van der Waals surface area contributed by atoms with Crippen molar-refractivity contribution in [2.75, 3.05) is 5.73 Å². The van der Waals surface area contributed by atoms with Crippen molar-refractivity contribution >= 4 is 5.69 Å². The van der Waals surface area contributed by atoms with Crippen LogP contribution in [0.3, 0.4) is 0 Å². The van der Waals surface area contributed by atoms with Crippen LogP contribution in [0.25, 0.3) is 0 Å². The van der Waals surface area contributed by atoms with Gasteiger partial charge >= 0.3 is 0 Å². The number of anilines is 1. The van der Waals surface area contributed by atoms with E-state index >= 15 is 0 Å². The molecule has 21 heavy (non-hydrogen) atoms. The SMILES string of the molecule is Nc1cccc(C(Oc2c[c]ccc2)c2ccccc2)c1. The summed E-state index contributed by atoms with van der Waals surface area (Å²) in [5.74, 6) is 0.786. The van der Waals surface area contributed by atoms with E-state index in [1.54, 1.807) is 0 Å². The van der Waals surface area contributed by atoms with Crippen LogP contribution in [0, 0.1) is 6.07 Å². The van der Waals surface area contributed by atoms with Crippen LogP contribution in [-0.2, 0) is 0 Å². The largest absolute Gasteiger partial charge is 0.481 e. The van der Waals surface area contributed by atoms with Crippen molar-refractivity contribution in [1.29, 1.82) is 0 Å². The molecule has 0 amide bonds. The van der Waals surface area contributed by atoms with Crippen LogP contribution in [0.5, 0.6) is 5.75 Å². The maximum Gasteiger partial charge on any atom is 0.149 e. The van der Waals surface area contributed by atoms with Crippen molar-refractivity contribution in [2.24, 2.45) is 0 Å². The third-order valence-electron chi connectivity index (χ3n) is 3.25. The number of ether oxygens (including phenoxy) is 1. The zero-order valence-electron chi connectivity index (χ0n) is 11.6. The molecule has 0 aliphatic carbocycles. The van der Waals surface area contributed by atoms with E-state index in [1.807, 2.05) is 66.7 Å². The molecule has 0 aromatic heterocycles. The first-order valence-electron chi connectivity index (χ1n) is 6.86. The molecule has 0 saturated carbocycles. The summed E-state index contributed by atoms with van der Waals surface area (Å²) < 4.78 is 6.15. The quantitative estimate of drug-likeness (QED) is 0.722. The lowest BCUT2D eigenvalue weighted by Crippen LogP contribution is -2.09. The second kappa shape index (κ2) is 6.14. The molecule has 2 heteroatoms. The van der Waals surface area contributed by atoms with E-state index < -0.39 is 0 Å². The molecule has 0 aliphatic rings. The summed E-state index contributed by atoms with van der Waals surface area (Å²) in [6, 6.07) is 28.5. The number of nitrogens with two attached hydrogens (primary N) is 1. The first-order valence-corrected chi connectivity index (χ1v) is 6.86. The molecule has 103 valence electrons. The third kappa shape index (κ3) is 3.23. The van der Waals surface area contributed by atoms with Gasteiger partial charge < -0.3 is 10.5 Å². The van der Waals surface area contributed by atoms with Crippen LogP contribution in [-0.4, -0.2) is 0 Å². The highest BCUT2D eigenvalue weighted by atomic mass is 16.5. The highest BCUT2D eigenvalue weighted by Crippen LogP contribution is 2.29. The van der Waals surface area contributed by atoms with Crippen LogP contribution in [0.2, 0.25) is 0 Å². The van der Waals surface area contributed by atoms with Crippen molar-refractivity contribution in [3.05, 3.63) is 96.1 Å². The number of hydrogen-bond acceptors (Lipinski definition) is 2. The van der Waals surface area contributed by atoms with Gasteiger partial charge in [0.25, 0.3) is 0 Å². The summed E-state index contributed by atoms with van der Waals surface area (Å²) in [5, 5.41) is 0. The zero-order chi connectivity index (χ0) is 14.5. The molecular weight excluding hydrogens is 258 g/mol. The van der Waals surface area contributed by atoms with Gasteiger partial charge in [0.05, 0.1) is 0 Å². The summed E-state index contributed by atoms with van der Waals surface area (Å²) >= 11 is 0. The molecule has 1 atom stereocenters. The Morgan fingerprint density at radius 1 is 0.857 bits per heavy atom. The third-order valence-corrected chi connectivity index (χ3v) is 3.25. The molecule has 0 fully saturated rings. The summed E-state index contributed by atoms with van der Waals surface area (Å²) in [6.07, 6.45) is -0.189. The minimum absolute atomic E-state index is 0.189. The maximum atomic E-state index is 6.15. The van der Waals surface area contributed by atoms with Gasteiger partial charge in [-0.15, -0.1) is 0 Å². The predicted octanol–water partition coefficient (Wildman–Crippen LogP) is 4.24. The molecular formula is C19H16NO. The summed E-state index contributed by atoms with van der Waals surface area (Å²) in [4.78, 5) is 0. The zero-order valence-corrected chi connectivity index (χ0v) is 11.6. The predicted molar refractivity (Wildman–Crippen MR) is 85.0 cm³/mol. The topological polar surface area (TPSA) is 35.2 Å². The van der Waals surface area contributed by atoms with Crippen LogP contribution in [0.15, 0.2) is 78.9 Å². The van der Waals surface area contributed by atoms with Crippen LogP contribution < -0.4 is 10.5 Å². The summed E-state index contributed by atoms with van der Waals surface area (Å²) in [5.41, 5.74) is 8.76. The fourth-order valence-corrected chi connectivity index (χ4v) is 2.26. The van der Waals surface area contributed by atoms with Gasteiger partial charge in [-0.05, 0) is 41.5 Å². The van der Waals surface area contributed by atoms with Gasteiger partial charge in [0, 0.05) is 5.69 Å². The van der Waals surface area contributed by atoms with E-state index in [-0.39, 0.29) is 6.10 Å². The lowest BCUT2D eigenvalue weighted by Gasteiger charge is -2.20. The Morgan fingerprint density at radius 3 is 2.38 bits per heavy atom. The van der Waals surface area contributed by atoms with Crippen LogP contribution in [0.1, 0.15) is 17.2 Å². The van der Waals surface area contributed by atoms with Crippen molar-refractivity contribution in [3.63, 3.8) is 0 Å². The fraction of sp³-hybridized carbons (Fsp3) is 0.0526. The lowest BCUT2D eigenvalue weighted by molar-refractivity contribution is 0.247. The van der Waals surface area contributed by atoms with Crippen molar-refractivity contribution in [3.8, 4) is 5.75 Å². The van der Waals surface area contributed by atoms with E-state index in [9.17, 15) is 0 Å². The first-order chi connectivity index (χ1) is 10.3. The van der Waals surface area contributed by atoms with Crippen molar-refractivity contribution in [1.82, 2.24) is 0 Å². The smallest absolute Gasteiger partial charge is 0.149 e. The lowest BCUT2D eigenvalue weighted by atomic mass is 10.0. The fourth-order valence-electron chi connectivity index (χ4n) is 2.26. The summed E-state index contributed by atoms with van der Waals surface area (Å²) in [7, 11) is 0. The normalized spacial score (nSPS) is 11.8. The molecule has 2 N–H and O–H groups in total. The van der Waals surface area contributed by atoms with Gasteiger partial charge in [0.1, 0.15) is 11.9 Å². The Bertz CT molecular complexity index is 695. The van der Waals surface area contributed by atoms with Crippen molar-refractivity contribution < 1.29 is 4.74 Å². The maximum absolute atomic E-state index is 6.15. The molecule has 1 unspecified atom stereocenters. The molecule has 0 saturated heterocycles. The van der Waals surface area contributed by atoms with E-state index in [0.717, 1.165) is 22.6 Å². The minimum atomic E-state index is -0.189. The van der Waals surface area contributed by atoms with E-state index in [0.29, 0.717) is 0 Å². The Morgan fingerprint density at radius 2 is 1.67 bits per heavy atom. The second-order valence-corrected chi connectivity index (χ2v) is 4.82. The highest BCUT2D eigenvalue weighted by Gasteiger charge is 2.16. The van der Waals surface area contributed by atoms with E-state index in [1.165, 1.54) is 0 Å². The van der Waals surface area contributed by atoms with Gasteiger partial charge in [0.15, 0.2) is 0 Å². The van der Waals surface area contributed by atoms with Crippen LogP contribution >= 0.6 is 0 Å². The average Bonchev–Trinajstić information content (AvgIpc) is 2.54. The Hall–Kier alpha value is -2.74. The van der Waals surface area contributed by atoms with Crippen LogP contribution in [0.4, 0.5) is 5.69 Å². The molecule has 0 bridgehead atoms. The van der Waals surface area contributed by atoms with Gasteiger partial charge in [0.2, 0.25) is 0 Å². The van der Waals surface area contributed by atoms with Gasteiger partial charge in [-0.25, -0.2) is 0 Å². The standard InChI is InChI=1S/C19H16NO/c20-17-11-7-10-16(14-17)19(15-8-3-1-4-9-15)21-18-12-5-2-6-13-18/h1-5,7-14,19H,20H2. The Labute approximate surface area is 124 Å². The molecule has 0 aliphatic heterocycles. The number of rotatable bonds is 4. The Balaban J connectivity index is 1.99. The first kappa shape index (κ1) is 13.3. The van der Waals surface area contributed by atoms with Gasteiger partial charge in [-0.1, -0.05) is 54.6 Å². The molecule has 1 radical (unpaired) electrons. The molecule has 3 rings (SSSR count). The van der Waals surface area contributed by atoms with Gasteiger partial charge in [-0.3, -0.25) is 0 Å². The van der Waals surface area contributed by atoms with Gasteiger partial charge in [-0.2, -0.15) is 0 Å². The van der Waals surface area contributed by atoms with E-state index in [4.69, 9.17) is 10.5 Å².